The molecule has 0 unspecified atom stereocenters. The number of benzene rings is 1. The SMILES string of the molecule is COc1ccc(N2C(=O)[C@H]3CC[C@](C)(C2=O)C3(C)C)cc1. The topological polar surface area (TPSA) is 46.6 Å². The van der Waals surface area contributed by atoms with Gasteiger partial charge in [0.25, 0.3) is 0 Å². The van der Waals surface area contributed by atoms with Crippen LogP contribution in [0.25, 0.3) is 0 Å². The summed E-state index contributed by atoms with van der Waals surface area (Å²) in [7, 11) is 1.59. The molecule has 1 saturated heterocycles. The van der Waals surface area contributed by atoms with Gasteiger partial charge in [-0.2, -0.15) is 0 Å². The van der Waals surface area contributed by atoms with Gasteiger partial charge in [0.2, 0.25) is 11.8 Å². The van der Waals surface area contributed by atoms with Gasteiger partial charge in [-0.05, 0) is 42.5 Å². The molecule has 1 aromatic carbocycles. The minimum absolute atomic E-state index is 0.0647. The van der Waals surface area contributed by atoms with Crippen LogP contribution in [0.4, 0.5) is 5.69 Å². The minimum atomic E-state index is -0.467. The Bertz CT molecular complexity index is 605. The molecule has 0 aromatic heterocycles. The number of carbonyl (C=O) groups excluding carboxylic acids is 2. The van der Waals surface area contributed by atoms with E-state index in [2.05, 4.69) is 0 Å². The minimum Gasteiger partial charge on any atom is -0.497 e. The van der Waals surface area contributed by atoms with E-state index in [0.29, 0.717) is 11.4 Å². The van der Waals surface area contributed by atoms with E-state index in [1.165, 1.54) is 4.90 Å². The van der Waals surface area contributed by atoms with Gasteiger partial charge in [-0.25, -0.2) is 4.90 Å². The predicted molar refractivity (Wildman–Crippen MR) is 80.1 cm³/mol. The van der Waals surface area contributed by atoms with Crippen molar-refractivity contribution in [2.75, 3.05) is 12.0 Å². The first-order valence-corrected chi connectivity index (χ1v) is 7.35. The molecule has 1 saturated carbocycles. The van der Waals surface area contributed by atoms with Crippen molar-refractivity contribution in [3.63, 3.8) is 0 Å². The lowest BCUT2D eigenvalue weighted by Gasteiger charge is -2.47. The van der Waals surface area contributed by atoms with Gasteiger partial charge < -0.3 is 4.74 Å². The number of piperidine rings is 1. The summed E-state index contributed by atoms with van der Waals surface area (Å²) in [6, 6.07) is 7.10. The Labute approximate surface area is 125 Å². The molecule has 2 fully saturated rings. The van der Waals surface area contributed by atoms with Gasteiger partial charge in [-0.3, -0.25) is 9.59 Å². The summed E-state index contributed by atoms with van der Waals surface area (Å²) in [5, 5.41) is 0. The highest BCUT2D eigenvalue weighted by atomic mass is 16.5. The highest BCUT2D eigenvalue weighted by molar-refractivity contribution is 6.20. The zero-order valence-electron chi connectivity index (χ0n) is 13.0. The molecule has 1 aromatic rings. The van der Waals surface area contributed by atoms with Crippen LogP contribution in [-0.2, 0) is 9.59 Å². The number of hydrogen-bond donors (Lipinski definition) is 0. The summed E-state index contributed by atoms with van der Waals surface area (Å²) in [6.45, 7) is 6.09. The molecule has 3 rings (SSSR count). The Morgan fingerprint density at radius 1 is 1.14 bits per heavy atom. The van der Waals surface area contributed by atoms with E-state index in [1.54, 1.807) is 31.4 Å². The molecule has 21 heavy (non-hydrogen) atoms. The number of nitrogens with zero attached hydrogens (tertiary/aromatic N) is 1. The Balaban J connectivity index is 2.04. The molecule has 0 radical (unpaired) electrons. The Kier molecular flexibility index (Phi) is 2.91. The maximum Gasteiger partial charge on any atom is 0.240 e. The van der Waals surface area contributed by atoms with Crippen LogP contribution in [0.3, 0.4) is 0 Å². The molecule has 112 valence electrons. The number of anilines is 1. The fraction of sp³-hybridized carbons (Fsp3) is 0.529. The van der Waals surface area contributed by atoms with Crippen LogP contribution >= 0.6 is 0 Å². The summed E-state index contributed by atoms with van der Waals surface area (Å²) in [4.78, 5) is 27.1. The molecule has 2 bridgehead atoms. The van der Waals surface area contributed by atoms with E-state index in [9.17, 15) is 9.59 Å². The summed E-state index contributed by atoms with van der Waals surface area (Å²) < 4.78 is 5.13. The number of carbonyl (C=O) groups is 2. The summed E-state index contributed by atoms with van der Waals surface area (Å²) in [6.07, 6.45) is 1.57. The molecule has 2 atom stereocenters. The maximum atomic E-state index is 13.0. The number of rotatable bonds is 2. The highest BCUT2D eigenvalue weighted by Crippen LogP contribution is 2.60. The van der Waals surface area contributed by atoms with Gasteiger partial charge in [-0.15, -0.1) is 0 Å². The lowest BCUT2D eigenvalue weighted by atomic mass is 9.62. The summed E-state index contributed by atoms with van der Waals surface area (Å²) in [5.41, 5.74) is -0.102. The van der Waals surface area contributed by atoms with Crippen molar-refractivity contribution in [2.45, 2.75) is 33.6 Å². The second kappa shape index (κ2) is 4.33. The predicted octanol–water partition coefficient (Wildman–Crippen LogP) is 3.01. The van der Waals surface area contributed by atoms with Crippen molar-refractivity contribution < 1.29 is 14.3 Å². The molecule has 1 heterocycles. The third kappa shape index (κ3) is 1.68. The van der Waals surface area contributed by atoms with Gasteiger partial charge in [0.1, 0.15) is 5.75 Å². The van der Waals surface area contributed by atoms with Crippen molar-refractivity contribution in [1.29, 1.82) is 0 Å². The molecular formula is C17H21NO3. The summed E-state index contributed by atoms with van der Waals surface area (Å²) >= 11 is 0. The first kappa shape index (κ1) is 14.1. The molecule has 2 amide bonds. The van der Waals surface area contributed by atoms with Gasteiger partial charge in [-0.1, -0.05) is 20.8 Å². The second-order valence-electron chi connectivity index (χ2n) is 6.82. The van der Waals surface area contributed by atoms with E-state index in [1.807, 2.05) is 20.8 Å². The number of imide groups is 1. The van der Waals surface area contributed by atoms with E-state index in [4.69, 9.17) is 4.74 Å². The molecule has 1 aliphatic carbocycles. The van der Waals surface area contributed by atoms with Crippen LogP contribution in [0.2, 0.25) is 0 Å². The normalized spacial score (nSPS) is 30.7. The van der Waals surface area contributed by atoms with Crippen LogP contribution in [0.5, 0.6) is 5.75 Å². The molecule has 4 nitrogen and oxygen atoms in total. The van der Waals surface area contributed by atoms with E-state index in [-0.39, 0.29) is 23.1 Å². The third-order valence-corrected chi connectivity index (χ3v) is 5.75. The van der Waals surface area contributed by atoms with E-state index >= 15 is 0 Å². The van der Waals surface area contributed by atoms with E-state index in [0.717, 1.165) is 12.8 Å². The number of methoxy groups -OCH3 is 1. The molecule has 4 heteroatoms. The fourth-order valence-electron chi connectivity index (χ4n) is 3.79. The molecular weight excluding hydrogens is 266 g/mol. The Morgan fingerprint density at radius 3 is 2.33 bits per heavy atom. The molecule has 1 aliphatic heterocycles. The lowest BCUT2D eigenvalue weighted by Crippen LogP contribution is -2.59. The van der Waals surface area contributed by atoms with Gasteiger partial charge in [0.05, 0.1) is 18.2 Å². The number of ether oxygens (including phenoxy) is 1. The largest absolute Gasteiger partial charge is 0.497 e. The number of amides is 2. The Hall–Kier alpha value is -1.84. The fourth-order valence-corrected chi connectivity index (χ4v) is 3.79. The van der Waals surface area contributed by atoms with Crippen LogP contribution in [0, 0.1) is 16.7 Å². The van der Waals surface area contributed by atoms with Crippen molar-refractivity contribution in [1.82, 2.24) is 0 Å². The van der Waals surface area contributed by atoms with Crippen molar-refractivity contribution in [3.05, 3.63) is 24.3 Å². The van der Waals surface area contributed by atoms with Gasteiger partial charge in [0, 0.05) is 5.92 Å². The van der Waals surface area contributed by atoms with Gasteiger partial charge >= 0.3 is 0 Å². The van der Waals surface area contributed by atoms with Crippen molar-refractivity contribution >= 4 is 17.5 Å². The average molecular weight is 287 g/mol. The highest BCUT2D eigenvalue weighted by Gasteiger charge is 2.64. The maximum absolute atomic E-state index is 13.0. The van der Waals surface area contributed by atoms with Crippen LogP contribution in [0.15, 0.2) is 24.3 Å². The average Bonchev–Trinajstić information content (AvgIpc) is 2.64. The summed E-state index contributed by atoms with van der Waals surface area (Å²) in [5.74, 6) is 0.494. The standard InChI is InChI=1S/C17H21NO3/c1-16(2)13-9-10-17(16,3)15(20)18(14(13)19)11-5-7-12(21-4)8-6-11/h5-8,13H,9-10H2,1-4H3/t13-,17-/m1/s1. The lowest BCUT2D eigenvalue weighted by molar-refractivity contribution is -0.146. The number of fused-ring (bicyclic) bond motifs is 2. The zero-order chi connectivity index (χ0) is 15.4. The first-order chi connectivity index (χ1) is 9.83. The molecule has 0 spiro atoms. The number of hydrogen-bond acceptors (Lipinski definition) is 3. The van der Waals surface area contributed by atoms with E-state index < -0.39 is 5.41 Å². The van der Waals surface area contributed by atoms with Crippen LogP contribution in [-0.4, -0.2) is 18.9 Å². The quantitative estimate of drug-likeness (QED) is 0.786. The van der Waals surface area contributed by atoms with Crippen LogP contribution < -0.4 is 9.64 Å². The van der Waals surface area contributed by atoms with Crippen molar-refractivity contribution in [3.8, 4) is 5.75 Å². The van der Waals surface area contributed by atoms with Crippen LogP contribution in [0.1, 0.15) is 33.6 Å². The smallest absolute Gasteiger partial charge is 0.240 e. The van der Waals surface area contributed by atoms with Crippen molar-refractivity contribution in [2.24, 2.45) is 16.7 Å². The molecule has 2 aliphatic rings. The Morgan fingerprint density at radius 2 is 1.76 bits per heavy atom. The zero-order valence-corrected chi connectivity index (χ0v) is 13.0. The first-order valence-electron chi connectivity index (χ1n) is 7.35. The monoisotopic (exact) mass is 287 g/mol. The van der Waals surface area contributed by atoms with Gasteiger partial charge in [0.15, 0.2) is 0 Å². The molecule has 0 N–H and O–H groups in total. The second-order valence-corrected chi connectivity index (χ2v) is 6.82. The third-order valence-electron chi connectivity index (χ3n) is 5.75.